The summed E-state index contributed by atoms with van der Waals surface area (Å²) in [5.41, 5.74) is 0.510. The van der Waals surface area contributed by atoms with Crippen molar-refractivity contribution in [3.8, 4) is 0 Å². The van der Waals surface area contributed by atoms with Gasteiger partial charge in [0.25, 0.3) is 0 Å². The van der Waals surface area contributed by atoms with Crippen molar-refractivity contribution in [2.24, 2.45) is 0 Å². The van der Waals surface area contributed by atoms with Crippen LogP contribution in [0.4, 0.5) is 0 Å². The van der Waals surface area contributed by atoms with Gasteiger partial charge in [0, 0.05) is 11.4 Å². The van der Waals surface area contributed by atoms with E-state index in [0.717, 1.165) is 0 Å². The molecule has 1 aliphatic heterocycles. The van der Waals surface area contributed by atoms with E-state index < -0.39 is 17.8 Å². The number of ether oxygens (including phenoxy) is 2. The fraction of sp³-hybridized carbons (Fsp3) is 0.500. The number of methoxy groups -OCH3 is 2. The Morgan fingerprint density at radius 1 is 1.29 bits per heavy atom. The normalized spacial score (nSPS) is 14.5. The summed E-state index contributed by atoms with van der Waals surface area (Å²) in [6, 6.07) is 0. The molecule has 6 nitrogen and oxygen atoms in total. The van der Waals surface area contributed by atoms with Crippen LogP contribution in [0.1, 0.15) is 12.8 Å². The second-order valence-electron chi connectivity index (χ2n) is 3.20. The summed E-state index contributed by atoms with van der Waals surface area (Å²) in [7, 11) is 2.49. The van der Waals surface area contributed by atoms with Gasteiger partial charge in [-0.25, -0.2) is 4.79 Å². The largest absolute Gasteiger partial charge is 0.469 e. The second-order valence-corrected chi connectivity index (χ2v) is 4.30. The number of thioether (sulfide) groups is 1. The van der Waals surface area contributed by atoms with E-state index in [1.807, 2.05) is 0 Å². The second kappa shape index (κ2) is 6.29. The van der Waals surface area contributed by atoms with Crippen molar-refractivity contribution < 1.29 is 23.9 Å². The Balaban J connectivity index is 2.63. The summed E-state index contributed by atoms with van der Waals surface area (Å²) in [6.07, 6.45) is 0.209. The van der Waals surface area contributed by atoms with Gasteiger partial charge in [-0.15, -0.1) is 11.8 Å². The number of nitrogens with one attached hydrogen (secondary N) is 1. The summed E-state index contributed by atoms with van der Waals surface area (Å²) >= 11 is 1.32. The van der Waals surface area contributed by atoms with Crippen molar-refractivity contribution in [2.75, 3.05) is 20.0 Å². The highest BCUT2D eigenvalue weighted by Crippen LogP contribution is 2.30. The summed E-state index contributed by atoms with van der Waals surface area (Å²) in [4.78, 5) is 34.0. The zero-order chi connectivity index (χ0) is 12.8. The van der Waals surface area contributed by atoms with E-state index in [-0.39, 0.29) is 6.42 Å². The molecule has 1 N–H and O–H groups in total. The van der Waals surface area contributed by atoms with E-state index in [0.29, 0.717) is 22.8 Å². The van der Waals surface area contributed by atoms with Crippen LogP contribution in [0.5, 0.6) is 0 Å². The molecule has 0 radical (unpaired) electrons. The molecule has 1 amide bonds. The number of allylic oxidation sites excluding steroid dienone is 1. The monoisotopic (exact) mass is 259 g/mol. The summed E-state index contributed by atoms with van der Waals surface area (Å²) in [5.74, 6) is -0.872. The zero-order valence-electron chi connectivity index (χ0n) is 9.57. The lowest BCUT2D eigenvalue weighted by Gasteiger charge is -2.06. The minimum absolute atomic E-state index is 0.362. The maximum Gasteiger partial charge on any atom is 0.346 e. The first kappa shape index (κ1) is 13.6. The molecule has 94 valence electrons. The molecule has 0 aromatic rings. The molecule has 0 aliphatic carbocycles. The highest BCUT2D eigenvalue weighted by atomic mass is 32.2. The highest BCUT2D eigenvalue weighted by Gasteiger charge is 2.24. The molecule has 17 heavy (non-hydrogen) atoms. The number of amides is 1. The van der Waals surface area contributed by atoms with E-state index in [1.54, 1.807) is 0 Å². The Morgan fingerprint density at radius 2 is 2.00 bits per heavy atom. The zero-order valence-corrected chi connectivity index (χ0v) is 10.4. The number of carbonyl (C=O) groups excluding carboxylic acids is 3. The number of hydrogen-bond donors (Lipinski definition) is 1. The smallest absolute Gasteiger partial charge is 0.346 e. The van der Waals surface area contributed by atoms with Crippen molar-refractivity contribution >= 4 is 29.6 Å². The van der Waals surface area contributed by atoms with Crippen molar-refractivity contribution in [2.45, 2.75) is 12.8 Å². The van der Waals surface area contributed by atoms with Gasteiger partial charge in [0.15, 0.2) is 0 Å². The van der Waals surface area contributed by atoms with Crippen molar-refractivity contribution in [3.05, 3.63) is 10.6 Å². The van der Waals surface area contributed by atoms with Crippen LogP contribution in [0.2, 0.25) is 0 Å². The molecule has 1 heterocycles. The van der Waals surface area contributed by atoms with Crippen LogP contribution in [-0.2, 0) is 23.9 Å². The lowest BCUT2D eigenvalue weighted by molar-refractivity contribution is -0.143. The van der Waals surface area contributed by atoms with Gasteiger partial charge < -0.3 is 14.8 Å². The average molecular weight is 259 g/mol. The molecule has 0 atom stereocenters. The predicted octanol–water partition coefficient (Wildman–Crippen LogP) is 0.187. The number of esters is 2. The van der Waals surface area contributed by atoms with Crippen LogP contribution in [0, 0.1) is 0 Å². The topological polar surface area (TPSA) is 81.7 Å². The van der Waals surface area contributed by atoms with E-state index in [1.165, 1.54) is 26.0 Å². The quantitative estimate of drug-likeness (QED) is 0.573. The molecular weight excluding hydrogens is 246 g/mol. The standard InChI is InChI=1S/C10H13NO5S/c1-15-8(13)5-7(12)11-6-3-4-17-9(6)10(14)16-2/h3-5H2,1-2H3,(H,11,12). The third-order valence-electron chi connectivity index (χ3n) is 2.07. The van der Waals surface area contributed by atoms with Crippen LogP contribution in [0.15, 0.2) is 10.6 Å². The van der Waals surface area contributed by atoms with E-state index >= 15 is 0 Å². The van der Waals surface area contributed by atoms with Gasteiger partial charge in [-0.2, -0.15) is 0 Å². The fourth-order valence-electron chi connectivity index (χ4n) is 1.27. The minimum atomic E-state index is -0.617. The maximum absolute atomic E-state index is 11.4. The van der Waals surface area contributed by atoms with Gasteiger partial charge >= 0.3 is 11.9 Å². The number of hydrogen-bond acceptors (Lipinski definition) is 6. The van der Waals surface area contributed by atoms with Gasteiger partial charge in [0.2, 0.25) is 5.91 Å². The lowest BCUT2D eigenvalue weighted by atomic mass is 10.3. The molecule has 1 aliphatic rings. The molecule has 0 saturated carbocycles. The third kappa shape index (κ3) is 3.77. The Bertz CT molecular complexity index is 377. The fourth-order valence-corrected chi connectivity index (χ4v) is 2.30. The van der Waals surface area contributed by atoms with Crippen LogP contribution in [0.3, 0.4) is 0 Å². The molecule has 0 spiro atoms. The van der Waals surface area contributed by atoms with Gasteiger partial charge in [-0.3, -0.25) is 9.59 Å². The van der Waals surface area contributed by atoms with E-state index in [4.69, 9.17) is 0 Å². The van der Waals surface area contributed by atoms with Gasteiger partial charge in [0.1, 0.15) is 11.3 Å². The van der Waals surface area contributed by atoms with Gasteiger partial charge in [0.05, 0.1) is 14.2 Å². The molecule has 7 heteroatoms. The molecule has 0 saturated heterocycles. The van der Waals surface area contributed by atoms with Crippen LogP contribution >= 0.6 is 11.8 Å². The van der Waals surface area contributed by atoms with Gasteiger partial charge in [-0.1, -0.05) is 0 Å². The van der Waals surface area contributed by atoms with Crippen molar-refractivity contribution in [3.63, 3.8) is 0 Å². The SMILES string of the molecule is COC(=O)CC(=O)NC1=C(C(=O)OC)SCC1. The van der Waals surface area contributed by atoms with E-state index in [2.05, 4.69) is 14.8 Å². The van der Waals surface area contributed by atoms with E-state index in [9.17, 15) is 14.4 Å². The Hall–Kier alpha value is -1.50. The van der Waals surface area contributed by atoms with Crippen molar-refractivity contribution in [1.82, 2.24) is 5.32 Å². The summed E-state index contributed by atoms with van der Waals surface area (Å²) in [5, 5.41) is 2.53. The minimum Gasteiger partial charge on any atom is -0.469 e. The molecule has 0 bridgehead atoms. The first-order valence-corrected chi connectivity index (χ1v) is 5.88. The van der Waals surface area contributed by atoms with Crippen LogP contribution < -0.4 is 5.32 Å². The first-order chi connectivity index (χ1) is 8.08. The first-order valence-electron chi connectivity index (χ1n) is 4.89. The Morgan fingerprint density at radius 3 is 2.59 bits per heavy atom. The third-order valence-corrected chi connectivity index (χ3v) is 3.18. The summed E-state index contributed by atoms with van der Waals surface area (Å²) < 4.78 is 8.96. The Labute approximate surface area is 103 Å². The van der Waals surface area contributed by atoms with Gasteiger partial charge in [-0.05, 0) is 6.42 Å². The molecule has 0 aromatic heterocycles. The average Bonchev–Trinajstić information content (AvgIpc) is 2.75. The van der Waals surface area contributed by atoms with Crippen LogP contribution in [-0.4, -0.2) is 37.8 Å². The molecule has 1 rings (SSSR count). The summed E-state index contributed by atoms with van der Waals surface area (Å²) in [6.45, 7) is 0. The number of rotatable bonds is 4. The molecule has 0 unspecified atom stereocenters. The molecular formula is C10H13NO5S. The Kier molecular flexibility index (Phi) is 5.02. The highest BCUT2D eigenvalue weighted by molar-refractivity contribution is 8.04. The molecule has 0 fully saturated rings. The van der Waals surface area contributed by atoms with Crippen molar-refractivity contribution in [1.29, 1.82) is 0 Å². The lowest BCUT2D eigenvalue weighted by Crippen LogP contribution is -2.26. The predicted molar refractivity (Wildman–Crippen MR) is 60.9 cm³/mol. The maximum atomic E-state index is 11.4. The van der Waals surface area contributed by atoms with Crippen LogP contribution in [0.25, 0.3) is 0 Å². The number of carbonyl (C=O) groups is 3. The molecule has 0 aromatic carbocycles.